The number of nitrogens with zero attached hydrogens (tertiary/aromatic N) is 2. The number of benzene rings is 1. The lowest BCUT2D eigenvalue weighted by molar-refractivity contribution is -0.384. The minimum Gasteiger partial charge on any atom is -0.347 e. The summed E-state index contributed by atoms with van der Waals surface area (Å²) < 4.78 is 2.73. The second kappa shape index (κ2) is 6.74. The van der Waals surface area contributed by atoms with Crippen LogP contribution in [0, 0.1) is 10.1 Å². The average Bonchev–Trinajstić information content (AvgIpc) is 2.87. The third kappa shape index (κ3) is 3.73. The van der Waals surface area contributed by atoms with Crippen molar-refractivity contribution in [2.24, 2.45) is 0 Å². The number of non-ortho nitro benzene ring substituents is 1. The van der Waals surface area contributed by atoms with E-state index < -0.39 is 4.92 Å². The van der Waals surface area contributed by atoms with Crippen molar-refractivity contribution < 1.29 is 9.72 Å². The SMILES string of the molecule is CC(C)n1cc(Br)cc1C(=O)NCc1ccc([N+](=O)[O-])cc1. The first-order chi connectivity index (χ1) is 10.4. The fourth-order valence-electron chi connectivity index (χ4n) is 2.06. The van der Waals surface area contributed by atoms with Crippen LogP contribution >= 0.6 is 15.9 Å². The molecule has 22 heavy (non-hydrogen) atoms. The van der Waals surface area contributed by atoms with Gasteiger partial charge in [-0.15, -0.1) is 0 Å². The third-order valence-corrected chi connectivity index (χ3v) is 3.64. The molecule has 0 aliphatic rings. The second-order valence-corrected chi connectivity index (χ2v) is 6.07. The van der Waals surface area contributed by atoms with Crippen molar-refractivity contribution in [1.82, 2.24) is 9.88 Å². The van der Waals surface area contributed by atoms with Crippen LogP contribution in [0.4, 0.5) is 5.69 Å². The summed E-state index contributed by atoms with van der Waals surface area (Å²) in [5.41, 5.74) is 1.41. The van der Waals surface area contributed by atoms with E-state index in [9.17, 15) is 14.9 Å². The van der Waals surface area contributed by atoms with Crippen LogP contribution < -0.4 is 5.32 Å². The summed E-state index contributed by atoms with van der Waals surface area (Å²) in [4.78, 5) is 22.4. The van der Waals surface area contributed by atoms with E-state index in [2.05, 4.69) is 21.2 Å². The number of carbonyl (C=O) groups is 1. The van der Waals surface area contributed by atoms with Crippen LogP contribution in [0.25, 0.3) is 0 Å². The standard InChI is InChI=1S/C15H16BrN3O3/c1-10(2)18-9-12(16)7-14(18)15(20)17-8-11-3-5-13(6-4-11)19(21)22/h3-7,9-10H,8H2,1-2H3,(H,17,20). The normalized spacial score (nSPS) is 10.7. The molecule has 0 aliphatic carbocycles. The molecule has 1 aromatic carbocycles. The van der Waals surface area contributed by atoms with Gasteiger partial charge in [-0.2, -0.15) is 0 Å². The van der Waals surface area contributed by atoms with E-state index in [4.69, 9.17) is 0 Å². The van der Waals surface area contributed by atoms with E-state index in [0.717, 1.165) is 10.0 Å². The number of aromatic nitrogens is 1. The van der Waals surface area contributed by atoms with Gasteiger partial charge in [0.1, 0.15) is 5.69 Å². The number of hydrogen-bond donors (Lipinski definition) is 1. The molecule has 0 atom stereocenters. The molecule has 0 unspecified atom stereocenters. The van der Waals surface area contributed by atoms with Gasteiger partial charge in [-0.1, -0.05) is 12.1 Å². The van der Waals surface area contributed by atoms with Gasteiger partial charge in [-0.05, 0) is 41.4 Å². The van der Waals surface area contributed by atoms with E-state index in [1.165, 1.54) is 12.1 Å². The molecule has 1 aromatic heterocycles. The molecule has 1 heterocycles. The highest BCUT2D eigenvalue weighted by Crippen LogP contribution is 2.19. The number of halogens is 1. The molecule has 6 nitrogen and oxygen atoms in total. The Kier molecular flexibility index (Phi) is 4.97. The number of nitro groups is 1. The van der Waals surface area contributed by atoms with Crippen LogP contribution in [-0.2, 0) is 6.54 Å². The Hall–Kier alpha value is -2.15. The van der Waals surface area contributed by atoms with Gasteiger partial charge in [0.15, 0.2) is 0 Å². The van der Waals surface area contributed by atoms with E-state index >= 15 is 0 Å². The Balaban J connectivity index is 2.05. The molecular formula is C15H16BrN3O3. The molecular weight excluding hydrogens is 350 g/mol. The zero-order valence-corrected chi connectivity index (χ0v) is 13.8. The minimum atomic E-state index is -0.449. The first kappa shape index (κ1) is 16.2. The topological polar surface area (TPSA) is 77.2 Å². The highest BCUT2D eigenvalue weighted by Gasteiger charge is 2.14. The lowest BCUT2D eigenvalue weighted by Crippen LogP contribution is -2.25. The maximum absolute atomic E-state index is 12.3. The summed E-state index contributed by atoms with van der Waals surface area (Å²) >= 11 is 3.37. The summed E-state index contributed by atoms with van der Waals surface area (Å²) in [6.45, 7) is 4.32. The van der Waals surface area contributed by atoms with Gasteiger partial charge >= 0.3 is 0 Å². The number of amides is 1. The molecule has 0 radical (unpaired) electrons. The summed E-state index contributed by atoms with van der Waals surface area (Å²) in [6, 6.07) is 8.06. The van der Waals surface area contributed by atoms with Crippen molar-refractivity contribution in [3.63, 3.8) is 0 Å². The van der Waals surface area contributed by atoms with Crippen molar-refractivity contribution in [2.45, 2.75) is 26.4 Å². The molecule has 116 valence electrons. The highest BCUT2D eigenvalue weighted by molar-refractivity contribution is 9.10. The number of nitrogens with one attached hydrogen (secondary N) is 1. The zero-order chi connectivity index (χ0) is 16.3. The summed E-state index contributed by atoms with van der Waals surface area (Å²) in [6.07, 6.45) is 1.87. The zero-order valence-electron chi connectivity index (χ0n) is 12.2. The lowest BCUT2D eigenvalue weighted by atomic mass is 10.2. The molecule has 2 rings (SSSR count). The summed E-state index contributed by atoms with van der Waals surface area (Å²) in [5.74, 6) is -0.183. The molecule has 0 fully saturated rings. The van der Waals surface area contributed by atoms with E-state index in [-0.39, 0.29) is 17.6 Å². The van der Waals surface area contributed by atoms with Crippen molar-refractivity contribution in [3.05, 3.63) is 62.4 Å². The van der Waals surface area contributed by atoms with Gasteiger partial charge in [-0.3, -0.25) is 14.9 Å². The molecule has 1 amide bonds. The molecule has 2 aromatic rings. The maximum Gasteiger partial charge on any atom is 0.269 e. The Morgan fingerprint density at radius 1 is 1.36 bits per heavy atom. The third-order valence-electron chi connectivity index (χ3n) is 3.20. The molecule has 0 bridgehead atoms. The van der Waals surface area contributed by atoms with Crippen LogP contribution in [0.3, 0.4) is 0 Å². The summed E-state index contributed by atoms with van der Waals surface area (Å²) in [5, 5.41) is 13.4. The van der Waals surface area contributed by atoms with E-state index in [0.29, 0.717) is 12.2 Å². The van der Waals surface area contributed by atoms with Crippen LogP contribution in [0.5, 0.6) is 0 Å². The Labute approximate surface area is 136 Å². The quantitative estimate of drug-likeness (QED) is 0.648. The first-order valence-electron chi connectivity index (χ1n) is 6.77. The fourth-order valence-corrected chi connectivity index (χ4v) is 2.50. The van der Waals surface area contributed by atoms with E-state index in [1.54, 1.807) is 18.2 Å². The van der Waals surface area contributed by atoms with Crippen LogP contribution in [0.2, 0.25) is 0 Å². The second-order valence-electron chi connectivity index (χ2n) is 5.15. The number of nitro benzene ring substituents is 1. The maximum atomic E-state index is 12.3. The molecule has 1 N–H and O–H groups in total. The van der Waals surface area contributed by atoms with Gasteiger partial charge in [0.05, 0.1) is 4.92 Å². The Bertz CT molecular complexity index is 693. The molecule has 7 heteroatoms. The predicted molar refractivity (Wildman–Crippen MR) is 86.8 cm³/mol. The average molecular weight is 366 g/mol. The molecule has 0 saturated heterocycles. The number of hydrogen-bond acceptors (Lipinski definition) is 3. The van der Waals surface area contributed by atoms with E-state index in [1.807, 2.05) is 24.6 Å². The predicted octanol–water partition coefficient (Wildman–Crippen LogP) is 3.67. The number of rotatable bonds is 5. The molecule has 0 aliphatic heterocycles. The summed E-state index contributed by atoms with van der Waals surface area (Å²) in [7, 11) is 0. The Morgan fingerprint density at radius 2 is 2.00 bits per heavy atom. The van der Waals surface area contributed by atoms with Gasteiger partial charge in [0.2, 0.25) is 0 Å². The van der Waals surface area contributed by atoms with Gasteiger partial charge in [0.25, 0.3) is 11.6 Å². The smallest absolute Gasteiger partial charge is 0.269 e. The van der Waals surface area contributed by atoms with Crippen LogP contribution in [0.15, 0.2) is 41.0 Å². The van der Waals surface area contributed by atoms with Gasteiger partial charge in [0, 0.05) is 35.4 Å². The fraction of sp³-hybridized carbons (Fsp3) is 0.267. The van der Waals surface area contributed by atoms with Gasteiger partial charge in [-0.25, -0.2) is 0 Å². The largest absolute Gasteiger partial charge is 0.347 e. The van der Waals surface area contributed by atoms with Crippen molar-refractivity contribution in [2.75, 3.05) is 0 Å². The van der Waals surface area contributed by atoms with Crippen LogP contribution in [-0.4, -0.2) is 15.4 Å². The Morgan fingerprint density at radius 3 is 2.55 bits per heavy atom. The lowest BCUT2D eigenvalue weighted by Gasteiger charge is -2.12. The van der Waals surface area contributed by atoms with Crippen molar-refractivity contribution >= 4 is 27.5 Å². The molecule has 0 saturated carbocycles. The van der Waals surface area contributed by atoms with Crippen LogP contribution in [0.1, 0.15) is 35.9 Å². The first-order valence-corrected chi connectivity index (χ1v) is 7.56. The monoisotopic (exact) mass is 365 g/mol. The number of carbonyl (C=O) groups excluding carboxylic acids is 1. The van der Waals surface area contributed by atoms with Crippen molar-refractivity contribution in [3.8, 4) is 0 Å². The van der Waals surface area contributed by atoms with Gasteiger partial charge < -0.3 is 9.88 Å². The van der Waals surface area contributed by atoms with Crippen molar-refractivity contribution in [1.29, 1.82) is 0 Å². The highest BCUT2D eigenvalue weighted by atomic mass is 79.9. The molecule has 0 spiro atoms. The minimum absolute atomic E-state index is 0.0349.